The van der Waals surface area contributed by atoms with Gasteiger partial charge in [0.2, 0.25) is 11.8 Å². The smallest absolute Gasteiger partial charge is 0.246 e. The van der Waals surface area contributed by atoms with Crippen LogP contribution in [0.4, 0.5) is 0 Å². The Balaban J connectivity index is 1.26. The van der Waals surface area contributed by atoms with Gasteiger partial charge in [0.05, 0.1) is 7.11 Å². The molecule has 0 radical (unpaired) electrons. The summed E-state index contributed by atoms with van der Waals surface area (Å²) in [5.74, 6) is 1.53. The monoisotopic (exact) mass is 431 g/mol. The Hall–Kier alpha value is -2.05. The molecule has 0 N–H and O–H groups in total. The maximum atomic E-state index is 12.8. The molecule has 4 rings (SSSR count). The van der Waals surface area contributed by atoms with Gasteiger partial charge >= 0.3 is 0 Å². The minimum atomic E-state index is 0.00235. The summed E-state index contributed by atoms with van der Waals surface area (Å²) in [4.78, 5) is 30.5. The summed E-state index contributed by atoms with van der Waals surface area (Å²) < 4.78 is 5.50. The van der Waals surface area contributed by atoms with E-state index in [2.05, 4.69) is 17.5 Å². The molecule has 2 amide bonds. The fourth-order valence-electron chi connectivity index (χ4n) is 4.44. The Labute approximate surface area is 183 Å². The number of ether oxygens (including phenoxy) is 1. The third-order valence-electron chi connectivity index (χ3n) is 6.56. The molecule has 0 spiro atoms. The number of amides is 2. The van der Waals surface area contributed by atoms with Gasteiger partial charge < -0.3 is 14.5 Å². The quantitative estimate of drug-likeness (QED) is 0.623. The molecule has 0 bridgehead atoms. The van der Waals surface area contributed by atoms with Crippen LogP contribution < -0.4 is 4.74 Å². The van der Waals surface area contributed by atoms with Gasteiger partial charge in [-0.15, -0.1) is 0 Å². The number of rotatable bonds is 7. The Morgan fingerprint density at radius 3 is 2.47 bits per heavy atom. The van der Waals surface area contributed by atoms with E-state index in [1.165, 1.54) is 24.5 Å². The number of nitrogens with zero attached hydrogens (tertiary/aromatic N) is 3. The van der Waals surface area contributed by atoms with Crippen LogP contribution in [-0.2, 0) is 16.0 Å². The lowest BCUT2D eigenvalue weighted by molar-refractivity contribution is -0.136. The summed E-state index contributed by atoms with van der Waals surface area (Å²) in [5, 5.41) is 0.768. The van der Waals surface area contributed by atoms with Crippen molar-refractivity contribution in [2.24, 2.45) is 0 Å². The fraction of sp³-hybridized carbons (Fsp3) is 0.565. The predicted octanol–water partition coefficient (Wildman–Crippen LogP) is 2.70. The van der Waals surface area contributed by atoms with Crippen molar-refractivity contribution in [3.05, 3.63) is 40.9 Å². The van der Waals surface area contributed by atoms with Crippen LogP contribution in [0.1, 0.15) is 36.3 Å². The molecule has 1 saturated carbocycles. The molecule has 3 aliphatic rings. The first-order chi connectivity index (χ1) is 14.5. The van der Waals surface area contributed by atoms with Gasteiger partial charge in [-0.25, -0.2) is 0 Å². The number of carbonyl (C=O) groups excluding carboxylic acids is 2. The van der Waals surface area contributed by atoms with Crippen LogP contribution in [0.3, 0.4) is 0 Å². The molecule has 2 aliphatic heterocycles. The molecule has 7 heteroatoms. The number of benzene rings is 1. The van der Waals surface area contributed by atoms with Crippen LogP contribution in [0, 0.1) is 0 Å². The number of aryl methyl sites for hydroxylation is 1. The number of piperazine rings is 1. The van der Waals surface area contributed by atoms with Gasteiger partial charge in [0, 0.05) is 56.8 Å². The summed E-state index contributed by atoms with van der Waals surface area (Å²) in [5.41, 5.74) is 2.26. The first-order valence-corrected chi connectivity index (χ1v) is 11.2. The van der Waals surface area contributed by atoms with Gasteiger partial charge in [-0.1, -0.05) is 24.2 Å². The topological polar surface area (TPSA) is 53.1 Å². The highest BCUT2D eigenvalue weighted by Crippen LogP contribution is 2.45. The third-order valence-corrected chi connectivity index (χ3v) is 6.88. The summed E-state index contributed by atoms with van der Waals surface area (Å²) in [6.45, 7) is 8.28. The van der Waals surface area contributed by atoms with Crippen molar-refractivity contribution < 1.29 is 14.3 Å². The minimum Gasteiger partial charge on any atom is -0.496 e. The molecule has 1 aromatic carbocycles. The van der Waals surface area contributed by atoms with Crippen LogP contribution in [0.15, 0.2) is 24.8 Å². The van der Waals surface area contributed by atoms with Gasteiger partial charge in [-0.3, -0.25) is 14.5 Å². The summed E-state index contributed by atoms with van der Waals surface area (Å²) in [6, 6.07) is 4.44. The fourth-order valence-corrected chi connectivity index (χ4v) is 4.75. The zero-order chi connectivity index (χ0) is 21.3. The van der Waals surface area contributed by atoms with Crippen LogP contribution >= 0.6 is 11.6 Å². The van der Waals surface area contributed by atoms with Crippen LogP contribution in [-0.4, -0.2) is 78.9 Å². The number of carbonyl (C=O) groups is 2. The number of likely N-dealkylation sites (tertiary alicyclic amines) is 1. The average Bonchev–Trinajstić information content (AvgIpc) is 3.56. The number of hydrogen-bond acceptors (Lipinski definition) is 4. The highest BCUT2D eigenvalue weighted by molar-refractivity contribution is 6.31. The summed E-state index contributed by atoms with van der Waals surface area (Å²) in [7, 11) is 1.65. The van der Waals surface area contributed by atoms with Gasteiger partial charge in [-0.2, -0.15) is 0 Å². The maximum Gasteiger partial charge on any atom is 0.246 e. The van der Waals surface area contributed by atoms with Crippen LogP contribution in [0.25, 0.3) is 0 Å². The molecule has 30 heavy (non-hydrogen) atoms. The minimum absolute atomic E-state index is 0.00235. The lowest BCUT2D eigenvalue weighted by Gasteiger charge is -2.47. The van der Waals surface area contributed by atoms with Crippen molar-refractivity contribution >= 4 is 23.4 Å². The largest absolute Gasteiger partial charge is 0.496 e. The lowest BCUT2D eigenvalue weighted by atomic mass is 10.0. The molecule has 0 unspecified atom stereocenters. The number of halogens is 1. The van der Waals surface area contributed by atoms with Crippen molar-refractivity contribution in [3.63, 3.8) is 0 Å². The van der Waals surface area contributed by atoms with Crippen LogP contribution in [0.5, 0.6) is 5.75 Å². The molecule has 162 valence electrons. The molecular weight excluding hydrogens is 402 g/mol. The van der Waals surface area contributed by atoms with E-state index in [1.807, 2.05) is 15.9 Å². The third kappa shape index (κ3) is 4.49. The molecule has 1 aliphatic carbocycles. The van der Waals surface area contributed by atoms with E-state index in [9.17, 15) is 9.59 Å². The second-order valence-corrected chi connectivity index (χ2v) is 8.88. The zero-order valence-electron chi connectivity index (χ0n) is 17.6. The van der Waals surface area contributed by atoms with E-state index in [1.54, 1.807) is 7.11 Å². The Kier molecular flexibility index (Phi) is 6.34. The SMILES string of the molecule is C=CC(=O)N1CC(N2CCN(C(=O)CCc3cc(C4CC4)c(Cl)cc3OC)CC2)C1. The standard InChI is InChI=1S/C23H30ClN3O3/c1-3-22(28)27-14-18(15-27)25-8-10-26(11-9-25)23(29)7-6-17-12-19(16-4-5-16)20(24)13-21(17)30-2/h3,12-13,16,18H,1,4-11,14-15H2,2H3. The van der Waals surface area contributed by atoms with Crippen molar-refractivity contribution in [2.75, 3.05) is 46.4 Å². The van der Waals surface area contributed by atoms with E-state index in [0.717, 1.165) is 55.6 Å². The van der Waals surface area contributed by atoms with Gasteiger partial charge in [-0.05, 0) is 48.4 Å². The normalized spacial score (nSPS) is 20.1. The van der Waals surface area contributed by atoms with E-state index >= 15 is 0 Å². The number of methoxy groups -OCH3 is 1. The predicted molar refractivity (Wildman–Crippen MR) is 117 cm³/mol. The molecule has 1 aromatic rings. The highest BCUT2D eigenvalue weighted by atomic mass is 35.5. The van der Waals surface area contributed by atoms with Gasteiger partial charge in [0.25, 0.3) is 0 Å². The first kappa shape index (κ1) is 21.2. The lowest BCUT2D eigenvalue weighted by Crippen LogP contribution is -2.64. The van der Waals surface area contributed by atoms with Crippen molar-refractivity contribution in [1.29, 1.82) is 0 Å². The zero-order valence-corrected chi connectivity index (χ0v) is 18.4. The molecule has 0 atom stereocenters. The molecule has 2 heterocycles. The average molecular weight is 432 g/mol. The van der Waals surface area contributed by atoms with E-state index in [-0.39, 0.29) is 11.8 Å². The molecule has 2 saturated heterocycles. The first-order valence-electron chi connectivity index (χ1n) is 10.8. The van der Waals surface area contributed by atoms with Crippen molar-refractivity contribution in [2.45, 2.75) is 37.6 Å². The van der Waals surface area contributed by atoms with Gasteiger partial charge in [0.15, 0.2) is 0 Å². The van der Waals surface area contributed by atoms with Gasteiger partial charge in [0.1, 0.15) is 5.75 Å². The second-order valence-electron chi connectivity index (χ2n) is 8.48. The Morgan fingerprint density at radius 2 is 1.87 bits per heavy atom. The molecule has 0 aromatic heterocycles. The Bertz CT molecular complexity index is 825. The van der Waals surface area contributed by atoms with E-state index in [4.69, 9.17) is 16.3 Å². The Morgan fingerprint density at radius 1 is 1.17 bits per heavy atom. The summed E-state index contributed by atoms with van der Waals surface area (Å²) in [6.07, 6.45) is 4.90. The van der Waals surface area contributed by atoms with E-state index in [0.29, 0.717) is 24.8 Å². The van der Waals surface area contributed by atoms with Crippen molar-refractivity contribution in [1.82, 2.24) is 14.7 Å². The number of hydrogen-bond donors (Lipinski definition) is 0. The van der Waals surface area contributed by atoms with E-state index < -0.39 is 0 Å². The highest BCUT2D eigenvalue weighted by Gasteiger charge is 2.35. The summed E-state index contributed by atoms with van der Waals surface area (Å²) >= 11 is 6.40. The molecule has 6 nitrogen and oxygen atoms in total. The second kappa shape index (κ2) is 8.98. The molecule has 3 fully saturated rings. The van der Waals surface area contributed by atoms with Crippen molar-refractivity contribution in [3.8, 4) is 5.75 Å². The van der Waals surface area contributed by atoms with Crippen LogP contribution in [0.2, 0.25) is 5.02 Å². The maximum absolute atomic E-state index is 12.8. The molecular formula is C23H30ClN3O3.